The van der Waals surface area contributed by atoms with Gasteiger partial charge in [-0.1, -0.05) is 41.5 Å². The van der Waals surface area contributed by atoms with Gasteiger partial charge in [0.05, 0.1) is 6.61 Å². The molecule has 0 bridgehead atoms. The lowest BCUT2D eigenvalue weighted by Gasteiger charge is -2.18. The minimum atomic E-state index is -0.273. The molecule has 114 valence electrons. The minimum absolute atomic E-state index is 0.273. The Kier molecular flexibility index (Phi) is 8.12. The lowest BCUT2D eigenvalue weighted by atomic mass is 9.90. The van der Waals surface area contributed by atoms with E-state index in [2.05, 4.69) is 46.9 Å². The zero-order valence-electron chi connectivity index (χ0n) is 13.8. The zero-order valence-corrected chi connectivity index (χ0v) is 13.8. The molecule has 19 heavy (non-hydrogen) atoms. The number of unbranched alkanes of at least 4 members (excludes halogenated alkanes) is 1. The van der Waals surface area contributed by atoms with E-state index in [-0.39, 0.29) is 6.09 Å². The molecule has 0 atom stereocenters. The molecule has 0 aliphatic rings. The zero-order chi connectivity index (χ0) is 14.9. The standard InChI is InChI=1S/C16H33NO2/c1-15(2,3)10-7-8-13-19-14(18)17-12-9-11-16(4,5)6/h7-13H2,1-6H3,(H,17,18). The number of ether oxygens (including phenoxy) is 1. The van der Waals surface area contributed by atoms with Crippen molar-refractivity contribution in [3.05, 3.63) is 0 Å². The molecule has 1 amide bonds. The number of rotatable bonds is 7. The maximum absolute atomic E-state index is 11.4. The number of carbonyl (C=O) groups excluding carboxylic acids is 1. The average Bonchev–Trinajstić information content (AvgIpc) is 2.21. The number of alkyl carbamates (subject to hydrolysis) is 1. The largest absolute Gasteiger partial charge is 0.450 e. The third-order valence-electron chi connectivity index (χ3n) is 2.93. The van der Waals surface area contributed by atoms with Crippen LogP contribution in [0.2, 0.25) is 0 Å². The van der Waals surface area contributed by atoms with Crippen LogP contribution >= 0.6 is 0 Å². The van der Waals surface area contributed by atoms with Gasteiger partial charge in [-0.2, -0.15) is 0 Å². The molecule has 0 aliphatic heterocycles. The van der Waals surface area contributed by atoms with Crippen LogP contribution in [0.1, 0.15) is 73.6 Å². The summed E-state index contributed by atoms with van der Waals surface area (Å²) in [5.74, 6) is 0. The van der Waals surface area contributed by atoms with Crippen molar-refractivity contribution in [3.8, 4) is 0 Å². The van der Waals surface area contributed by atoms with Crippen LogP contribution in [-0.4, -0.2) is 19.2 Å². The van der Waals surface area contributed by atoms with Gasteiger partial charge in [-0.25, -0.2) is 4.79 Å². The van der Waals surface area contributed by atoms with E-state index in [0.717, 1.165) is 25.7 Å². The van der Waals surface area contributed by atoms with Crippen LogP contribution in [0, 0.1) is 10.8 Å². The van der Waals surface area contributed by atoms with E-state index in [1.54, 1.807) is 0 Å². The number of nitrogens with one attached hydrogen (secondary N) is 1. The number of hydrogen-bond acceptors (Lipinski definition) is 2. The Hall–Kier alpha value is -0.730. The van der Waals surface area contributed by atoms with E-state index in [0.29, 0.717) is 24.0 Å². The molecule has 0 radical (unpaired) electrons. The summed E-state index contributed by atoms with van der Waals surface area (Å²) in [5.41, 5.74) is 0.702. The molecule has 0 aromatic carbocycles. The first-order valence-corrected chi connectivity index (χ1v) is 7.51. The fourth-order valence-corrected chi connectivity index (χ4v) is 1.78. The molecule has 0 saturated carbocycles. The summed E-state index contributed by atoms with van der Waals surface area (Å²) in [6.07, 6.45) is 5.07. The SMILES string of the molecule is CC(C)(C)CCCCOC(=O)NCCCC(C)(C)C. The lowest BCUT2D eigenvalue weighted by Crippen LogP contribution is -2.26. The molecular weight excluding hydrogens is 238 g/mol. The van der Waals surface area contributed by atoms with E-state index in [1.807, 2.05) is 0 Å². The quantitative estimate of drug-likeness (QED) is 0.678. The van der Waals surface area contributed by atoms with Gasteiger partial charge in [-0.3, -0.25) is 0 Å². The van der Waals surface area contributed by atoms with Crippen LogP contribution < -0.4 is 5.32 Å². The van der Waals surface area contributed by atoms with Crippen molar-refractivity contribution < 1.29 is 9.53 Å². The van der Waals surface area contributed by atoms with Crippen molar-refractivity contribution in [2.24, 2.45) is 10.8 Å². The van der Waals surface area contributed by atoms with E-state index in [9.17, 15) is 4.79 Å². The van der Waals surface area contributed by atoms with Gasteiger partial charge in [0, 0.05) is 6.54 Å². The smallest absolute Gasteiger partial charge is 0.407 e. The summed E-state index contributed by atoms with van der Waals surface area (Å²) in [6.45, 7) is 14.6. The van der Waals surface area contributed by atoms with Gasteiger partial charge in [-0.05, 0) is 42.9 Å². The second-order valence-corrected chi connectivity index (χ2v) is 7.74. The predicted octanol–water partition coefficient (Wildman–Crippen LogP) is 4.76. The predicted molar refractivity (Wildman–Crippen MR) is 81.3 cm³/mol. The second-order valence-electron chi connectivity index (χ2n) is 7.74. The van der Waals surface area contributed by atoms with Crippen molar-refractivity contribution in [2.45, 2.75) is 73.6 Å². The van der Waals surface area contributed by atoms with Gasteiger partial charge in [0.2, 0.25) is 0 Å². The Labute approximate surface area is 119 Å². The van der Waals surface area contributed by atoms with Crippen LogP contribution in [0.3, 0.4) is 0 Å². The first kappa shape index (κ1) is 18.3. The molecular formula is C16H33NO2. The highest BCUT2D eigenvalue weighted by atomic mass is 16.5. The van der Waals surface area contributed by atoms with Crippen molar-refractivity contribution in [2.75, 3.05) is 13.2 Å². The third-order valence-corrected chi connectivity index (χ3v) is 2.93. The molecule has 0 aromatic heterocycles. The van der Waals surface area contributed by atoms with Gasteiger partial charge in [-0.15, -0.1) is 0 Å². The maximum atomic E-state index is 11.4. The number of hydrogen-bond donors (Lipinski definition) is 1. The Morgan fingerprint density at radius 3 is 1.95 bits per heavy atom. The van der Waals surface area contributed by atoms with Crippen LogP contribution in [0.4, 0.5) is 4.79 Å². The molecule has 1 N–H and O–H groups in total. The van der Waals surface area contributed by atoms with E-state index in [4.69, 9.17) is 4.74 Å². The van der Waals surface area contributed by atoms with Crippen molar-refractivity contribution >= 4 is 6.09 Å². The maximum Gasteiger partial charge on any atom is 0.407 e. The molecule has 0 saturated heterocycles. The van der Waals surface area contributed by atoms with Gasteiger partial charge in [0.25, 0.3) is 0 Å². The van der Waals surface area contributed by atoms with Crippen molar-refractivity contribution in [3.63, 3.8) is 0 Å². The van der Waals surface area contributed by atoms with Crippen LogP contribution in [0.25, 0.3) is 0 Å². The Bertz CT molecular complexity index is 248. The topological polar surface area (TPSA) is 38.3 Å². The van der Waals surface area contributed by atoms with E-state index < -0.39 is 0 Å². The third kappa shape index (κ3) is 15.2. The molecule has 0 fully saturated rings. The summed E-state index contributed by atoms with van der Waals surface area (Å²) in [5, 5.41) is 2.80. The summed E-state index contributed by atoms with van der Waals surface area (Å²) in [4.78, 5) is 11.4. The van der Waals surface area contributed by atoms with Crippen molar-refractivity contribution in [1.82, 2.24) is 5.32 Å². The monoisotopic (exact) mass is 271 g/mol. The molecule has 0 spiro atoms. The molecule has 0 aliphatic carbocycles. The molecule has 0 rings (SSSR count). The fraction of sp³-hybridized carbons (Fsp3) is 0.938. The summed E-state index contributed by atoms with van der Waals surface area (Å²) < 4.78 is 5.14. The fourth-order valence-electron chi connectivity index (χ4n) is 1.78. The first-order valence-electron chi connectivity index (χ1n) is 7.51. The highest BCUT2D eigenvalue weighted by molar-refractivity contribution is 5.66. The van der Waals surface area contributed by atoms with E-state index in [1.165, 1.54) is 6.42 Å². The number of carbonyl (C=O) groups is 1. The summed E-state index contributed by atoms with van der Waals surface area (Å²) in [7, 11) is 0. The minimum Gasteiger partial charge on any atom is -0.450 e. The van der Waals surface area contributed by atoms with Crippen LogP contribution in [0.5, 0.6) is 0 Å². The summed E-state index contributed by atoms with van der Waals surface area (Å²) >= 11 is 0. The van der Waals surface area contributed by atoms with Gasteiger partial charge < -0.3 is 10.1 Å². The highest BCUT2D eigenvalue weighted by Gasteiger charge is 2.10. The van der Waals surface area contributed by atoms with Crippen molar-refractivity contribution in [1.29, 1.82) is 0 Å². The van der Waals surface area contributed by atoms with Crippen LogP contribution in [-0.2, 0) is 4.74 Å². The molecule has 0 heterocycles. The lowest BCUT2D eigenvalue weighted by molar-refractivity contribution is 0.142. The molecule has 3 heteroatoms. The Morgan fingerprint density at radius 2 is 1.42 bits per heavy atom. The van der Waals surface area contributed by atoms with Gasteiger partial charge in [0.1, 0.15) is 0 Å². The van der Waals surface area contributed by atoms with Gasteiger partial charge >= 0.3 is 6.09 Å². The highest BCUT2D eigenvalue weighted by Crippen LogP contribution is 2.21. The normalized spacial score (nSPS) is 12.3. The number of amides is 1. The average molecular weight is 271 g/mol. The summed E-state index contributed by atoms with van der Waals surface area (Å²) in [6, 6.07) is 0. The van der Waals surface area contributed by atoms with Crippen LogP contribution in [0.15, 0.2) is 0 Å². The Balaban J connectivity index is 3.41. The molecule has 0 aromatic rings. The first-order chi connectivity index (χ1) is 8.60. The molecule has 3 nitrogen and oxygen atoms in total. The van der Waals surface area contributed by atoms with E-state index >= 15 is 0 Å². The second kappa shape index (κ2) is 8.44. The van der Waals surface area contributed by atoms with Gasteiger partial charge in [0.15, 0.2) is 0 Å². The Morgan fingerprint density at radius 1 is 0.895 bits per heavy atom. The molecule has 0 unspecified atom stereocenters.